The van der Waals surface area contributed by atoms with Crippen LogP contribution in [0.4, 0.5) is 0 Å². The molecule has 0 unspecified atom stereocenters. The number of carboxylic acid groups (broad SMARTS) is 1. The molecule has 1 fully saturated rings. The first-order valence-corrected chi connectivity index (χ1v) is 13.9. The van der Waals surface area contributed by atoms with E-state index in [1.54, 1.807) is 0 Å². The van der Waals surface area contributed by atoms with Gasteiger partial charge in [-0.25, -0.2) is 4.98 Å². The van der Waals surface area contributed by atoms with Crippen molar-refractivity contribution in [2.45, 2.75) is 44.8 Å². The highest BCUT2D eigenvalue weighted by Crippen LogP contribution is 2.28. The first-order valence-electron chi connectivity index (χ1n) is 13.5. The quantitative estimate of drug-likeness (QED) is 0.225. The van der Waals surface area contributed by atoms with Gasteiger partial charge in [0, 0.05) is 49.9 Å². The van der Waals surface area contributed by atoms with Crippen LogP contribution in [0, 0.1) is 0 Å². The zero-order chi connectivity index (χ0) is 27.9. The minimum atomic E-state index is -0.853. The molecule has 1 aliphatic heterocycles. The number of nitrogens with zero attached hydrogens (tertiary/aromatic N) is 2. The van der Waals surface area contributed by atoms with Crippen molar-refractivity contribution in [2.24, 2.45) is 7.05 Å². The summed E-state index contributed by atoms with van der Waals surface area (Å²) in [5, 5.41) is 9.80. The molecule has 0 atom stereocenters. The highest BCUT2D eigenvalue weighted by atomic mass is 35.5. The zero-order valence-electron chi connectivity index (χ0n) is 22.5. The van der Waals surface area contributed by atoms with E-state index in [-0.39, 0.29) is 12.5 Å². The Morgan fingerprint density at radius 1 is 1.02 bits per heavy atom. The standard InChI is InChI=1S/C31H33ClN2O6/c1-34-28-18-26(40-24-12-15-37-16-13-24)9-10-27(28)33-30(34)14-17-38-25-8-4-22(5-11-31(35)36)29(19-25)39-20-21-2-6-23(32)7-3-21/h2-4,6-10,18-19,24H,5,11-17,20H2,1H3,(H,35,36). The normalized spacial score (nSPS) is 13.8. The maximum atomic E-state index is 11.1. The van der Waals surface area contributed by atoms with Gasteiger partial charge in [-0.15, -0.1) is 0 Å². The van der Waals surface area contributed by atoms with Crippen LogP contribution in [-0.2, 0) is 36.0 Å². The minimum absolute atomic E-state index is 0.0199. The summed E-state index contributed by atoms with van der Waals surface area (Å²) in [5.74, 6) is 2.16. The van der Waals surface area contributed by atoms with Gasteiger partial charge in [0.25, 0.3) is 0 Å². The molecule has 3 aromatic carbocycles. The summed E-state index contributed by atoms with van der Waals surface area (Å²) >= 11 is 5.99. The van der Waals surface area contributed by atoms with Crippen molar-refractivity contribution in [1.82, 2.24) is 9.55 Å². The van der Waals surface area contributed by atoms with E-state index < -0.39 is 5.97 Å². The maximum Gasteiger partial charge on any atom is 0.303 e. The third-order valence-corrected chi connectivity index (χ3v) is 7.22. The first-order chi connectivity index (χ1) is 19.4. The number of fused-ring (bicyclic) bond motifs is 1. The molecule has 40 heavy (non-hydrogen) atoms. The second-order valence-electron chi connectivity index (χ2n) is 9.84. The number of ether oxygens (including phenoxy) is 4. The summed E-state index contributed by atoms with van der Waals surface area (Å²) in [4.78, 5) is 15.9. The molecule has 1 saturated heterocycles. The van der Waals surface area contributed by atoms with Crippen LogP contribution >= 0.6 is 11.6 Å². The fourth-order valence-corrected chi connectivity index (χ4v) is 4.84. The third kappa shape index (κ3) is 7.25. The van der Waals surface area contributed by atoms with Crippen LogP contribution in [0.5, 0.6) is 17.2 Å². The van der Waals surface area contributed by atoms with Gasteiger partial charge >= 0.3 is 5.97 Å². The fraction of sp³-hybridized carbons (Fsp3) is 0.355. The molecular weight excluding hydrogens is 532 g/mol. The van der Waals surface area contributed by atoms with E-state index in [1.807, 2.05) is 67.7 Å². The molecule has 1 aliphatic rings. The molecule has 1 aromatic heterocycles. The highest BCUT2D eigenvalue weighted by Gasteiger charge is 2.17. The largest absolute Gasteiger partial charge is 0.493 e. The Bertz CT molecular complexity index is 1450. The van der Waals surface area contributed by atoms with Gasteiger partial charge in [0.2, 0.25) is 0 Å². The number of hydrogen-bond donors (Lipinski definition) is 1. The smallest absolute Gasteiger partial charge is 0.303 e. The third-order valence-electron chi connectivity index (χ3n) is 6.96. The lowest BCUT2D eigenvalue weighted by molar-refractivity contribution is -0.136. The van der Waals surface area contributed by atoms with E-state index in [0.717, 1.165) is 59.8 Å². The van der Waals surface area contributed by atoms with Gasteiger partial charge in [-0.05, 0) is 47.9 Å². The van der Waals surface area contributed by atoms with E-state index >= 15 is 0 Å². The molecule has 0 amide bonds. The van der Waals surface area contributed by atoms with Gasteiger partial charge < -0.3 is 28.6 Å². The van der Waals surface area contributed by atoms with Crippen LogP contribution in [0.3, 0.4) is 0 Å². The second kappa shape index (κ2) is 13.1. The molecule has 5 rings (SSSR count). The summed E-state index contributed by atoms with van der Waals surface area (Å²) in [6, 6.07) is 19.0. The van der Waals surface area contributed by atoms with E-state index in [4.69, 9.17) is 40.6 Å². The Labute approximate surface area is 238 Å². The lowest BCUT2D eigenvalue weighted by Gasteiger charge is -2.23. The van der Waals surface area contributed by atoms with Crippen molar-refractivity contribution in [1.29, 1.82) is 0 Å². The van der Waals surface area contributed by atoms with E-state index in [9.17, 15) is 4.79 Å². The Morgan fingerprint density at radius 2 is 1.80 bits per heavy atom. The van der Waals surface area contributed by atoms with Crippen molar-refractivity contribution < 1.29 is 28.8 Å². The number of aromatic nitrogens is 2. The van der Waals surface area contributed by atoms with E-state index in [2.05, 4.69) is 4.57 Å². The van der Waals surface area contributed by atoms with Crippen LogP contribution in [0.15, 0.2) is 60.7 Å². The summed E-state index contributed by atoms with van der Waals surface area (Å²) in [6.45, 7) is 2.24. The summed E-state index contributed by atoms with van der Waals surface area (Å²) in [7, 11) is 2.00. The summed E-state index contributed by atoms with van der Waals surface area (Å²) in [5.41, 5.74) is 3.71. The van der Waals surface area contributed by atoms with Crippen molar-refractivity contribution >= 4 is 28.6 Å². The molecule has 0 saturated carbocycles. The Morgan fingerprint density at radius 3 is 2.58 bits per heavy atom. The molecule has 8 nitrogen and oxygen atoms in total. The molecule has 0 bridgehead atoms. The number of aryl methyl sites for hydroxylation is 2. The molecule has 210 valence electrons. The predicted molar refractivity (Wildman–Crippen MR) is 153 cm³/mol. The van der Waals surface area contributed by atoms with Gasteiger partial charge in [0.15, 0.2) is 0 Å². The molecule has 2 heterocycles. The van der Waals surface area contributed by atoms with Gasteiger partial charge in [0.05, 0.1) is 30.9 Å². The topological polar surface area (TPSA) is 92.0 Å². The van der Waals surface area contributed by atoms with Gasteiger partial charge in [0.1, 0.15) is 35.8 Å². The van der Waals surface area contributed by atoms with Crippen LogP contribution < -0.4 is 14.2 Å². The van der Waals surface area contributed by atoms with Crippen molar-refractivity contribution in [3.05, 3.63) is 82.6 Å². The van der Waals surface area contributed by atoms with Crippen LogP contribution in [-0.4, -0.2) is 46.6 Å². The number of hydrogen-bond acceptors (Lipinski definition) is 6. The molecule has 1 N–H and O–H groups in total. The average molecular weight is 565 g/mol. The van der Waals surface area contributed by atoms with E-state index in [1.165, 1.54) is 0 Å². The molecule has 9 heteroatoms. The van der Waals surface area contributed by atoms with Crippen LogP contribution in [0.1, 0.15) is 36.2 Å². The molecule has 4 aromatic rings. The van der Waals surface area contributed by atoms with Gasteiger partial charge in [-0.2, -0.15) is 0 Å². The number of halogens is 1. The number of carbonyl (C=O) groups is 1. The summed E-state index contributed by atoms with van der Waals surface area (Å²) in [6.07, 6.45) is 2.99. The van der Waals surface area contributed by atoms with Crippen molar-refractivity contribution in [2.75, 3.05) is 19.8 Å². The second-order valence-corrected chi connectivity index (χ2v) is 10.3. The number of aliphatic carboxylic acids is 1. The first kappa shape index (κ1) is 27.8. The Balaban J connectivity index is 1.23. The predicted octanol–water partition coefficient (Wildman–Crippen LogP) is 6.00. The maximum absolute atomic E-state index is 11.1. The van der Waals surface area contributed by atoms with E-state index in [0.29, 0.717) is 42.6 Å². The highest BCUT2D eigenvalue weighted by molar-refractivity contribution is 6.30. The number of imidazole rings is 1. The minimum Gasteiger partial charge on any atom is -0.493 e. The van der Waals surface area contributed by atoms with Gasteiger partial charge in [-0.3, -0.25) is 4.79 Å². The Hall–Kier alpha value is -3.75. The SMILES string of the molecule is Cn1c(CCOc2ccc(CCC(=O)O)c(OCc3ccc(Cl)cc3)c2)nc2ccc(OC3CCOCC3)cc21. The van der Waals surface area contributed by atoms with Crippen molar-refractivity contribution in [3.63, 3.8) is 0 Å². The van der Waals surface area contributed by atoms with Crippen molar-refractivity contribution in [3.8, 4) is 17.2 Å². The fourth-order valence-electron chi connectivity index (χ4n) is 4.71. The number of rotatable bonds is 12. The number of benzene rings is 3. The Kier molecular flexibility index (Phi) is 9.08. The average Bonchev–Trinajstić information content (AvgIpc) is 3.27. The van der Waals surface area contributed by atoms with Crippen LogP contribution in [0.2, 0.25) is 5.02 Å². The van der Waals surface area contributed by atoms with Crippen LogP contribution in [0.25, 0.3) is 11.0 Å². The molecule has 0 spiro atoms. The van der Waals surface area contributed by atoms with Gasteiger partial charge in [-0.1, -0.05) is 29.8 Å². The zero-order valence-corrected chi connectivity index (χ0v) is 23.2. The summed E-state index contributed by atoms with van der Waals surface area (Å²) < 4.78 is 25.8. The molecule has 0 aliphatic carbocycles. The molecular formula is C31H33ClN2O6. The number of carboxylic acids is 1. The molecule has 0 radical (unpaired) electrons. The lowest BCUT2D eigenvalue weighted by Crippen LogP contribution is -2.25. The lowest BCUT2D eigenvalue weighted by atomic mass is 10.1. The monoisotopic (exact) mass is 564 g/mol.